The average molecular weight is 283 g/mol. The quantitative estimate of drug-likeness (QED) is 0.756. The number of nitrogens with zero attached hydrogens (tertiary/aromatic N) is 1. The zero-order valence-electron chi connectivity index (χ0n) is 10.9. The Balaban J connectivity index is 2.07. The molecule has 3 rings (SSSR count). The molecule has 0 aliphatic carbocycles. The van der Waals surface area contributed by atoms with Crippen molar-refractivity contribution < 1.29 is 4.79 Å². The van der Waals surface area contributed by atoms with Crippen molar-refractivity contribution >= 4 is 38.8 Å². The van der Waals surface area contributed by atoms with Crippen LogP contribution >= 0.6 is 11.3 Å². The van der Waals surface area contributed by atoms with Gasteiger partial charge in [-0.2, -0.15) is 0 Å². The van der Waals surface area contributed by atoms with Gasteiger partial charge < -0.3 is 11.1 Å². The van der Waals surface area contributed by atoms with Crippen LogP contribution in [-0.4, -0.2) is 10.9 Å². The minimum Gasteiger partial charge on any atom is -0.383 e. The van der Waals surface area contributed by atoms with E-state index in [2.05, 4.69) is 16.4 Å². The molecule has 0 radical (unpaired) electrons. The zero-order chi connectivity index (χ0) is 14.1. The summed E-state index contributed by atoms with van der Waals surface area (Å²) >= 11 is 1.66. The van der Waals surface area contributed by atoms with Crippen molar-refractivity contribution in [1.29, 1.82) is 0 Å². The molecular formula is C15H13N3OS. The lowest BCUT2D eigenvalue weighted by molar-refractivity contribution is -0.114. The van der Waals surface area contributed by atoms with Crippen LogP contribution in [0.4, 0.5) is 11.5 Å². The van der Waals surface area contributed by atoms with Crippen LogP contribution in [0.3, 0.4) is 0 Å². The summed E-state index contributed by atoms with van der Waals surface area (Å²) in [6, 6.07) is 11.8. The van der Waals surface area contributed by atoms with Gasteiger partial charge in [0, 0.05) is 33.9 Å². The number of amides is 1. The number of anilines is 2. The molecule has 0 aliphatic heterocycles. The first-order valence-electron chi connectivity index (χ1n) is 6.15. The Labute approximate surface area is 120 Å². The van der Waals surface area contributed by atoms with E-state index in [-0.39, 0.29) is 5.91 Å². The number of hydrogen-bond acceptors (Lipinski definition) is 4. The molecule has 0 atom stereocenters. The number of rotatable bonds is 2. The van der Waals surface area contributed by atoms with Gasteiger partial charge in [-0.1, -0.05) is 0 Å². The summed E-state index contributed by atoms with van der Waals surface area (Å²) in [6.07, 6.45) is 1.68. The summed E-state index contributed by atoms with van der Waals surface area (Å²) in [5.74, 6) is 0.456. The van der Waals surface area contributed by atoms with E-state index >= 15 is 0 Å². The summed E-state index contributed by atoms with van der Waals surface area (Å²) in [4.78, 5) is 16.3. The predicted molar refractivity (Wildman–Crippen MR) is 83.8 cm³/mol. The number of nitrogens with one attached hydrogen (secondary N) is 1. The Bertz CT molecular complexity index is 795. The van der Waals surface area contributed by atoms with E-state index in [1.165, 1.54) is 6.92 Å². The molecule has 0 spiro atoms. The van der Waals surface area contributed by atoms with Crippen LogP contribution < -0.4 is 11.1 Å². The second kappa shape index (κ2) is 4.94. The Morgan fingerprint density at radius 1 is 1.30 bits per heavy atom. The molecule has 0 unspecified atom stereocenters. The maximum atomic E-state index is 11.1. The fourth-order valence-electron chi connectivity index (χ4n) is 2.08. The molecule has 1 amide bonds. The van der Waals surface area contributed by atoms with E-state index in [0.29, 0.717) is 5.82 Å². The number of benzene rings is 1. The van der Waals surface area contributed by atoms with Crippen molar-refractivity contribution in [2.75, 3.05) is 11.1 Å². The van der Waals surface area contributed by atoms with Gasteiger partial charge in [-0.05, 0) is 41.8 Å². The monoisotopic (exact) mass is 283 g/mol. The highest BCUT2D eigenvalue weighted by Gasteiger charge is 2.08. The highest BCUT2D eigenvalue weighted by Crippen LogP contribution is 2.36. The second-order valence-electron chi connectivity index (χ2n) is 4.48. The third-order valence-corrected chi connectivity index (χ3v) is 4.09. The first-order valence-corrected chi connectivity index (χ1v) is 6.97. The molecule has 2 aromatic heterocycles. The molecule has 0 fully saturated rings. The number of fused-ring (bicyclic) bond motifs is 1. The molecule has 2 heterocycles. The number of carbonyl (C=O) groups is 1. The number of nitrogens with two attached hydrogens (primary N) is 1. The molecule has 100 valence electrons. The summed E-state index contributed by atoms with van der Waals surface area (Å²) in [7, 11) is 0. The van der Waals surface area contributed by atoms with Gasteiger partial charge in [-0.3, -0.25) is 4.79 Å². The highest BCUT2D eigenvalue weighted by molar-refractivity contribution is 7.22. The Kier molecular flexibility index (Phi) is 3.12. The molecule has 20 heavy (non-hydrogen) atoms. The van der Waals surface area contributed by atoms with Crippen LogP contribution in [0.15, 0.2) is 42.6 Å². The number of pyridine rings is 1. The Morgan fingerprint density at radius 2 is 2.15 bits per heavy atom. The van der Waals surface area contributed by atoms with E-state index in [0.717, 1.165) is 26.2 Å². The van der Waals surface area contributed by atoms with Crippen molar-refractivity contribution in [2.45, 2.75) is 6.92 Å². The maximum absolute atomic E-state index is 11.1. The van der Waals surface area contributed by atoms with Crippen LogP contribution in [0.2, 0.25) is 0 Å². The SMILES string of the molecule is CC(=O)Nc1ccc2sc(-c3cccnc3N)cc2c1. The van der Waals surface area contributed by atoms with Crippen LogP contribution in [0.25, 0.3) is 20.5 Å². The van der Waals surface area contributed by atoms with E-state index in [1.54, 1.807) is 17.5 Å². The first kappa shape index (κ1) is 12.6. The lowest BCUT2D eigenvalue weighted by atomic mass is 10.2. The standard InChI is InChI=1S/C15H13N3OS/c1-9(19)18-11-4-5-13-10(7-11)8-14(20-13)12-3-2-6-17-15(12)16/h2-8H,1H3,(H2,16,17)(H,18,19). The molecular weight excluding hydrogens is 270 g/mol. The van der Waals surface area contributed by atoms with E-state index in [1.807, 2.05) is 30.3 Å². The second-order valence-corrected chi connectivity index (χ2v) is 5.56. The van der Waals surface area contributed by atoms with E-state index in [9.17, 15) is 4.79 Å². The molecule has 0 saturated carbocycles. The van der Waals surface area contributed by atoms with Crippen molar-refractivity contribution in [3.05, 3.63) is 42.6 Å². The molecule has 0 bridgehead atoms. The van der Waals surface area contributed by atoms with Crippen LogP contribution in [0, 0.1) is 0 Å². The average Bonchev–Trinajstić information content (AvgIpc) is 2.81. The third kappa shape index (κ3) is 2.35. The van der Waals surface area contributed by atoms with Crippen molar-refractivity contribution in [1.82, 2.24) is 4.98 Å². The predicted octanol–water partition coefficient (Wildman–Crippen LogP) is 3.50. The fourth-order valence-corrected chi connectivity index (χ4v) is 3.16. The summed E-state index contributed by atoms with van der Waals surface area (Å²) in [5, 5.41) is 3.87. The number of nitrogen functional groups attached to an aromatic ring is 1. The van der Waals surface area contributed by atoms with Crippen LogP contribution in [0.1, 0.15) is 6.92 Å². The van der Waals surface area contributed by atoms with Gasteiger partial charge in [0.2, 0.25) is 5.91 Å². The smallest absolute Gasteiger partial charge is 0.221 e. The van der Waals surface area contributed by atoms with Crippen molar-refractivity contribution in [3.63, 3.8) is 0 Å². The molecule has 3 N–H and O–H groups in total. The minimum absolute atomic E-state index is 0.0729. The maximum Gasteiger partial charge on any atom is 0.221 e. The molecule has 1 aromatic carbocycles. The van der Waals surface area contributed by atoms with Gasteiger partial charge in [0.1, 0.15) is 5.82 Å². The third-order valence-electron chi connectivity index (χ3n) is 2.94. The lowest BCUT2D eigenvalue weighted by Gasteiger charge is -2.00. The van der Waals surface area contributed by atoms with Gasteiger partial charge in [-0.15, -0.1) is 11.3 Å². The normalized spacial score (nSPS) is 10.7. The van der Waals surface area contributed by atoms with Crippen molar-refractivity contribution in [3.8, 4) is 10.4 Å². The minimum atomic E-state index is -0.0729. The Morgan fingerprint density at radius 3 is 2.90 bits per heavy atom. The Hall–Kier alpha value is -2.40. The summed E-state index contributed by atoms with van der Waals surface area (Å²) < 4.78 is 1.15. The first-order chi connectivity index (χ1) is 9.63. The molecule has 0 saturated heterocycles. The van der Waals surface area contributed by atoms with Crippen molar-refractivity contribution in [2.24, 2.45) is 0 Å². The largest absolute Gasteiger partial charge is 0.383 e. The topological polar surface area (TPSA) is 68.0 Å². The number of hydrogen-bond donors (Lipinski definition) is 2. The lowest BCUT2D eigenvalue weighted by Crippen LogP contribution is -2.05. The van der Waals surface area contributed by atoms with E-state index in [4.69, 9.17) is 5.73 Å². The molecule has 5 heteroatoms. The summed E-state index contributed by atoms with van der Waals surface area (Å²) in [5.41, 5.74) is 7.65. The molecule has 0 aliphatic rings. The number of carbonyl (C=O) groups excluding carboxylic acids is 1. The van der Waals surface area contributed by atoms with Gasteiger partial charge in [0.25, 0.3) is 0 Å². The van der Waals surface area contributed by atoms with E-state index < -0.39 is 0 Å². The molecule has 4 nitrogen and oxygen atoms in total. The highest BCUT2D eigenvalue weighted by atomic mass is 32.1. The van der Waals surface area contributed by atoms with Gasteiger partial charge >= 0.3 is 0 Å². The van der Waals surface area contributed by atoms with Gasteiger partial charge in [-0.25, -0.2) is 4.98 Å². The van der Waals surface area contributed by atoms with Crippen LogP contribution in [0.5, 0.6) is 0 Å². The zero-order valence-corrected chi connectivity index (χ0v) is 11.7. The fraction of sp³-hybridized carbons (Fsp3) is 0.0667. The molecule has 3 aromatic rings. The number of thiophene rings is 1. The van der Waals surface area contributed by atoms with Gasteiger partial charge in [0.05, 0.1) is 0 Å². The van der Waals surface area contributed by atoms with Gasteiger partial charge in [0.15, 0.2) is 0 Å². The number of aromatic nitrogens is 1. The van der Waals surface area contributed by atoms with Crippen LogP contribution in [-0.2, 0) is 4.79 Å². The summed E-state index contributed by atoms with van der Waals surface area (Å²) in [6.45, 7) is 1.50.